The first-order valence-electron chi connectivity index (χ1n) is 5.83. The van der Waals surface area contributed by atoms with Crippen molar-refractivity contribution >= 4 is 17.7 Å². The molecule has 0 radical (unpaired) electrons. The Kier molecular flexibility index (Phi) is 4.19. The lowest BCUT2D eigenvalue weighted by Gasteiger charge is -2.18. The summed E-state index contributed by atoms with van der Waals surface area (Å²) in [6, 6.07) is 5.55. The number of ether oxygens (including phenoxy) is 2. The number of nitrogens with one attached hydrogen (secondary N) is 2. The molecule has 19 heavy (non-hydrogen) atoms. The number of hydrogen-bond donors (Lipinski definition) is 3. The quantitative estimate of drug-likeness (QED) is 0.660. The monoisotopic (exact) mass is 265 g/mol. The lowest BCUT2D eigenvalue weighted by Crippen LogP contribution is -2.26. The molecule has 102 valence electrons. The van der Waals surface area contributed by atoms with Gasteiger partial charge in [-0.15, -0.1) is 0 Å². The third kappa shape index (κ3) is 3.85. The second kappa shape index (κ2) is 6.05. The number of primary amides is 1. The smallest absolute Gasteiger partial charge is 0.404 e. The van der Waals surface area contributed by atoms with E-state index < -0.39 is 6.09 Å². The first-order valence-corrected chi connectivity index (χ1v) is 5.83. The van der Waals surface area contributed by atoms with Crippen LogP contribution >= 0.6 is 0 Å². The Bertz CT molecular complexity index is 490. The van der Waals surface area contributed by atoms with Crippen LogP contribution in [-0.2, 0) is 16.1 Å². The van der Waals surface area contributed by atoms with Crippen LogP contribution in [0.25, 0.3) is 0 Å². The Morgan fingerprint density at radius 1 is 1.53 bits per heavy atom. The van der Waals surface area contributed by atoms with Gasteiger partial charge in [-0.1, -0.05) is 6.07 Å². The number of hydrogen-bond acceptors (Lipinski definition) is 5. The summed E-state index contributed by atoms with van der Waals surface area (Å²) in [6.45, 7) is 1.36. The van der Waals surface area contributed by atoms with Crippen molar-refractivity contribution < 1.29 is 19.1 Å². The van der Waals surface area contributed by atoms with Gasteiger partial charge >= 0.3 is 6.09 Å². The van der Waals surface area contributed by atoms with Crippen LogP contribution in [0.1, 0.15) is 5.56 Å². The third-order valence-corrected chi connectivity index (χ3v) is 2.53. The first kappa shape index (κ1) is 13.2. The molecule has 1 aliphatic heterocycles. The highest BCUT2D eigenvalue weighted by atomic mass is 16.5. The van der Waals surface area contributed by atoms with E-state index in [1.165, 1.54) is 0 Å². The molecule has 0 saturated heterocycles. The van der Waals surface area contributed by atoms with Crippen molar-refractivity contribution in [1.82, 2.24) is 5.32 Å². The topological polar surface area (TPSA) is 103 Å². The Balaban J connectivity index is 1.83. The van der Waals surface area contributed by atoms with Crippen LogP contribution in [0.4, 0.5) is 10.5 Å². The largest absolute Gasteiger partial charge is 0.482 e. The van der Waals surface area contributed by atoms with Gasteiger partial charge in [-0.3, -0.25) is 4.79 Å². The molecular formula is C12H15N3O4. The summed E-state index contributed by atoms with van der Waals surface area (Å²) in [5.74, 6) is 0.507. The molecule has 0 spiro atoms. The highest BCUT2D eigenvalue weighted by molar-refractivity contribution is 5.95. The fourth-order valence-electron chi connectivity index (χ4n) is 1.70. The lowest BCUT2D eigenvalue weighted by molar-refractivity contribution is -0.118. The Morgan fingerprint density at radius 2 is 2.37 bits per heavy atom. The number of fused-ring (bicyclic) bond motifs is 1. The van der Waals surface area contributed by atoms with Crippen molar-refractivity contribution in [3.05, 3.63) is 23.8 Å². The summed E-state index contributed by atoms with van der Waals surface area (Å²) in [5.41, 5.74) is 6.49. The Morgan fingerprint density at radius 3 is 3.16 bits per heavy atom. The van der Waals surface area contributed by atoms with E-state index >= 15 is 0 Å². The van der Waals surface area contributed by atoms with Crippen LogP contribution in [0.15, 0.2) is 18.2 Å². The van der Waals surface area contributed by atoms with Gasteiger partial charge in [0, 0.05) is 13.1 Å². The molecule has 0 aliphatic carbocycles. The number of rotatable bonds is 5. The van der Waals surface area contributed by atoms with Crippen molar-refractivity contribution in [2.24, 2.45) is 5.73 Å². The summed E-state index contributed by atoms with van der Waals surface area (Å²) in [7, 11) is 0. The molecule has 1 aromatic carbocycles. The van der Waals surface area contributed by atoms with E-state index in [1.54, 1.807) is 0 Å². The molecule has 1 heterocycles. The van der Waals surface area contributed by atoms with Gasteiger partial charge < -0.3 is 25.8 Å². The summed E-state index contributed by atoms with van der Waals surface area (Å²) in [4.78, 5) is 21.5. The Hall–Kier alpha value is -2.28. The normalized spacial score (nSPS) is 13.2. The number of nitrogens with two attached hydrogens (primary N) is 1. The minimum atomic E-state index is -0.782. The summed E-state index contributed by atoms with van der Waals surface area (Å²) < 4.78 is 9.84. The maximum Gasteiger partial charge on any atom is 0.404 e. The number of benzene rings is 1. The zero-order valence-corrected chi connectivity index (χ0v) is 10.3. The average Bonchev–Trinajstić information content (AvgIpc) is 2.37. The fraction of sp³-hybridized carbons (Fsp3) is 0.333. The molecule has 0 fully saturated rings. The molecular weight excluding hydrogens is 250 g/mol. The van der Waals surface area contributed by atoms with Gasteiger partial charge in [-0.05, 0) is 17.7 Å². The zero-order chi connectivity index (χ0) is 13.7. The van der Waals surface area contributed by atoms with Crippen molar-refractivity contribution in [3.63, 3.8) is 0 Å². The molecule has 7 heteroatoms. The highest BCUT2D eigenvalue weighted by Gasteiger charge is 2.15. The summed E-state index contributed by atoms with van der Waals surface area (Å²) >= 11 is 0. The molecule has 2 rings (SSSR count). The molecule has 0 atom stereocenters. The predicted octanol–water partition coefficient (Wildman–Crippen LogP) is 0.202. The van der Waals surface area contributed by atoms with Crippen molar-refractivity contribution in [1.29, 1.82) is 0 Å². The molecule has 0 unspecified atom stereocenters. The van der Waals surface area contributed by atoms with Crippen LogP contribution < -0.4 is 21.1 Å². The molecule has 2 amide bonds. The van der Waals surface area contributed by atoms with Gasteiger partial charge in [-0.2, -0.15) is 0 Å². The standard InChI is InChI=1S/C12H15N3O4/c13-12(17)18-4-3-14-6-8-1-2-10-9(5-8)15-11(16)7-19-10/h1-2,5,14H,3-4,6-7H2,(H2,13,17)(H,15,16). The SMILES string of the molecule is NC(=O)OCCNCc1ccc2c(c1)NC(=O)CO2. The van der Waals surface area contributed by atoms with E-state index in [4.69, 9.17) is 10.5 Å². The minimum Gasteiger partial charge on any atom is -0.482 e. The summed E-state index contributed by atoms with van der Waals surface area (Å²) in [5, 5.41) is 5.83. The van der Waals surface area contributed by atoms with E-state index in [-0.39, 0.29) is 19.1 Å². The fourth-order valence-corrected chi connectivity index (χ4v) is 1.70. The van der Waals surface area contributed by atoms with Gasteiger partial charge in [0.1, 0.15) is 12.4 Å². The van der Waals surface area contributed by atoms with Crippen LogP contribution in [-0.4, -0.2) is 31.8 Å². The number of amides is 2. The number of carbonyl (C=O) groups is 2. The van der Waals surface area contributed by atoms with Gasteiger partial charge in [0.2, 0.25) is 0 Å². The van der Waals surface area contributed by atoms with Gasteiger partial charge in [0.05, 0.1) is 5.69 Å². The van der Waals surface area contributed by atoms with E-state index in [1.807, 2.05) is 18.2 Å². The zero-order valence-electron chi connectivity index (χ0n) is 10.3. The molecule has 0 bridgehead atoms. The second-order valence-electron chi connectivity index (χ2n) is 4.01. The van der Waals surface area contributed by atoms with E-state index in [0.717, 1.165) is 5.56 Å². The minimum absolute atomic E-state index is 0.0506. The molecule has 7 nitrogen and oxygen atoms in total. The number of anilines is 1. The van der Waals surface area contributed by atoms with E-state index in [0.29, 0.717) is 24.5 Å². The molecule has 0 aromatic heterocycles. The second-order valence-corrected chi connectivity index (χ2v) is 4.01. The van der Waals surface area contributed by atoms with Crippen LogP contribution in [0.3, 0.4) is 0 Å². The van der Waals surface area contributed by atoms with Crippen LogP contribution in [0, 0.1) is 0 Å². The van der Waals surface area contributed by atoms with Gasteiger partial charge in [-0.25, -0.2) is 4.79 Å². The average molecular weight is 265 g/mol. The van der Waals surface area contributed by atoms with E-state index in [9.17, 15) is 9.59 Å². The van der Waals surface area contributed by atoms with Gasteiger partial charge in [0.25, 0.3) is 5.91 Å². The van der Waals surface area contributed by atoms with Crippen molar-refractivity contribution in [2.75, 3.05) is 25.1 Å². The molecule has 0 saturated carbocycles. The molecule has 1 aromatic rings. The summed E-state index contributed by atoms with van der Waals surface area (Å²) in [6.07, 6.45) is -0.782. The van der Waals surface area contributed by atoms with Crippen molar-refractivity contribution in [3.8, 4) is 5.75 Å². The maximum atomic E-state index is 11.2. The van der Waals surface area contributed by atoms with Crippen LogP contribution in [0.2, 0.25) is 0 Å². The highest BCUT2D eigenvalue weighted by Crippen LogP contribution is 2.28. The third-order valence-electron chi connectivity index (χ3n) is 2.53. The number of carbonyl (C=O) groups excluding carboxylic acids is 2. The first-order chi connectivity index (χ1) is 9.15. The van der Waals surface area contributed by atoms with Gasteiger partial charge in [0.15, 0.2) is 6.61 Å². The van der Waals surface area contributed by atoms with Crippen LogP contribution in [0.5, 0.6) is 5.75 Å². The Labute approximate surface area is 110 Å². The predicted molar refractivity (Wildman–Crippen MR) is 67.8 cm³/mol. The molecule has 1 aliphatic rings. The van der Waals surface area contributed by atoms with E-state index in [2.05, 4.69) is 15.4 Å². The maximum absolute atomic E-state index is 11.2. The molecule has 4 N–H and O–H groups in total. The lowest BCUT2D eigenvalue weighted by atomic mass is 10.1. The van der Waals surface area contributed by atoms with Crippen molar-refractivity contribution in [2.45, 2.75) is 6.54 Å².